The SMILES string of the molecule is COc1cc2nc(C(C)(C)CN)[nH]c2cc1OC. The highest BCUT2D eigenvalue weighted by atomic mass is 16.5. The Labute approximate surface area is 106 Å². The molecule has 0 aliphatic carbocycles. The number of methoxy groups -OCH3 is 2. The van der Waals surface area contributed by atoms with Crippen molar-refractivity contribution in [2.75, 3.05) is 20.8 Å². The average molecular weight is 249 g/mol. The molecule has 0 aliphatic heterocycles. The lowest BCUT2D eigenvalue weighted by Crippen LogP contribution is -2.29. The molecule has 0 spiro atoms. The number of ether oxygens (including phenoxy) is 2. The van der Waals surface area contributed by atoms with Crippen molar-refractivity contribution in [1.82, 2.24) is 9.97 Å². The Hall–Kier alpha value is -1.75. The van der Waals surface area contributed by atoms with Gasteiger partial charge in [0.1, 0.15) is 5.82 Å². The summed E-state index contributed by atoms with van der Waals surface area (Å²) >= 11 is 0. The Balaban J connectivity index is 2.58. The van der Waals surface area contributed by atoms with E-state index in [4.69, 9.17) is 15.2 Å². The molecule has 0 aliphatic rings. The van der Waals surface area contributed by atoms with Crippen molar-refractivity contribution in [2.24, 2.45) is 5.73 Å². The predicted octanol–water partition coefficient (Wildman–Crippen LogP) is 1.82. The molecule has 2 rings (SSSR count). The van der Waals surface area contributed by atoms with Crippen LogP contribution >= 0.6 is 0 Å². The molecule has 3 N–H and O–H groups in total. The van der Waals surface area contributed by atoms with E-state index < -0.39 is 0 Å². The van der Waals surface area contributed by atoms with Gasteiger partial charge in [0, 0.05) is 24.1 Å². The lowest BCUT2D eigenvalue weighted by atomic mass is 9.93. The van der Waals surface area contributed by atoms with Crippen LogP contribution in [0.2, 0.25) is 0 Å². The maximum absolute atomic E-state index is 5.76. The van der Waals surface area contributed by atoms with Gasteiger partial charge in [0.25, 0.3) is 0 Å². The van der Waals surface area contributed by atoms with Crippen molar-refractivity contribution in [2.45, 2.75) is 19.3 Å². The molecule has 2 aromatic rings. The molecule has 1 aromatic carbocycles. The first-order chi connectivity index (χ1) is 8.51. The van der Waals surface area contributed by atoms with Crippen LogP contribution in [0, 0.1) is 0 Å². The molecule has 0 saturated heterocycles. The molecule has 0 radical (unpaired) electrons. The van der Waals surface area contributed by atoms with E-state index in [2.05, 4.69) is 23.8 Å². The van der Waals surface area contributed by atoms with E-state index in [1.165, 1.54) is 0 Å². The third kappa shape index (κ3) is 2.01. The van der Waals surface area contributed by atoms with E-state index >= 15 is 0 Å². The predicted molar refractivity (Wildman–Crippen MR) is 71.3 cm³/mol. The van der Waals surface area contributed by atoms with Crippen LogP contribution < -0.4 is 15.2 Å². The molecule has 5 nitrogen and oxygen atoms in total. The summed E-state index contributed by atoms with van der Waals surface area (Å²) in [6.45, 7) is 4.64. The summed E-state index contributed by atoms with van der Waals surface area (Å²) in [5, 5.41) is 0. The van der Waals surface area contributed by atoms with E-state index in [0.717, 1.165) is 16.9 Å². The minimum atomic E-state index is -0.181. The molecule has 1 aromatic heterocycles. The number of nitrogens with zero attached hydrogens (tertiary/aromatic N) is 1. The largest absolute Gasteiger partial charge is 0.493 e. The maximum Gasteiger partial charge on any atom is 0.163 e. The van der Waals surface area contributed by atoms with Gasteiger partial charge in [-0.1, -0.05) is 13.8 Å². The van der Waals surface area contributed by atoms with Gasteiger partial charge in [-0.2, -0.15) is 0 Å². The number of aromatic amines is 1. The number of nitrogens with one attached hydrogen (secondary N) is 1. The molecule has 0 atom stereocenters. The normalized spacial score (nSPS) is 11.8. The second-order valence-electron chi connectivity index (χ2n) is 4.90. The molecule has 0 bridgehead atoms. The number of rotatable bonds is 4. The zero-order valence-electron chi connectivity index (χ0n) is 11.2. The van der Waals surface area contributed by atoms with E-state index in [0.29, 0.717) is 18.0 Å². The van der Waals surface area contributed by atoms with E-state index in [1.54, 1.807) is 14.2 Å². The fraction of sp³-hybridized carbons (Fsp3) is 0.462. The molecule has 0 amide bonds. The third-order valence-electron chi connectivity index (χ3n) is 3.14. The van der Waals surface area contributed by atoms with Gasteiger partial charge in [0.15, 0.2) is 11.5 Å². The van der Waals surface area contributed by atoms with Crippen LogP contribution in [0.1, 0.15) is 19.7 Å². The van der Waals surface area contributed by atoms with Gasteiger partial charge in [-0.3, -0.25) is 0 Å². The summed E-state index contributed by atoms with van der Waals surface area (Å²) < 4.78 is 10.5. The Morgan fingerprint density at radius 2 is 1.83 bits per heavy atom. The Kier molecular flexibility index (Phi) is 3.17. The van der Waals surface area contributed by atoms with Crippen molar-refractivity contribution < 1.29 is 9.47 Å². The van der Waals surface area contributed by atoms with E-state index in [1.807, 2.05) is 12.1 Å². The van der Waals surface area contributed by atoms with Crippen LogP contribution in [0.15, 0.2) is 12.1 Å². The molecule has 1 heterocycles. The molecule has 0 saturated carbocycles. The number of imidazole rings is 1. The number of nitrogens with two attached hydrogens (primary N) is 1. The Morgan fingerprint density at radius 1 is 1.22 bits per heavy atom. The quantitative estimate of drug-likeness (QED) is 0.866. The van der Waals surface area contributed by atoms with Crippen LogP contribution in [-0.2, 0) is 5.41 Å². The first kappa shape index (κ1) is 12.7. The minimum absolute atomic E-state index is 0.181. The van der Waals surface area contributed by atoms with Gasteiger partial charge in [-0.15, -0.1) is 0 Å². The number of hydrogen-bond acceptors (Lipinski definition) is 4. The summed E-state index contributed by atoms with van der Waals surface area (Å²) in [5.74, 6) is 2.23. The van der Waals surface area contributed by atoms with Crippen LogP contribution in [0.5, 0.6) is 11.5 Å². The topological polar surface area (TPSA) is 73.2 Å². The third-order valence-corrected chi connectivity index (χ3v) is 3.14. The monoisotopic (exact) mass is 249 g/mol. The van der Waals surface area contributed by atoms with Gasteiger partial charge >= 0.3 is 0 Å². The van der Waals surface area contributed by atoms with Crippen molar-refractivity contribution in [3.05, 3.63) is 18.0 Å². The molecule has 0 fully saturated rings. The van der Waals surface area contributed by atoms with E-state index in [-0.39, 0.29) is 5.41 Å². The highest BCUT2D eigenvalue weighted by molar-refractivity contribution is 5.80. The summed E-state index contributed by atoms with van der Waals surface area (Å²) in [6.07, 6.45) is 0. The van der Waals surface area contributed by atoms with Gasteiger partial charge in [0.2, 0.25) is 0 Å². The highest BCUT2D eigenvalue weighted by Gasteiger charge is 2.23. The minimum Gasteiger partial charge on any atom is -0.493 e. The number of H-pyrrole nitrogens is 1. The van der Waals surface area contributed by atoms with Gasteiger partial charge < -0.3 is 20.2 Å². The van der Waals surface area contributed by atoms with Gasteiger partial charge in [-0.25, -0.2) is 4.98 Å². The highest BCUT2D eigenvalue weighted by Crippen LogP contribution is 2.32. The molecule has 18 heavy (non-hydrogen) atoms. The average Bonchev–Trinajstić information content (AvgIpc) is 2.80. The van der Waals surface area contributed by atoms with E-state index in [9.17, 15) is 0 Å². The van der Waals surface area contributed by atoms with Crippen LogP contribution in [0.3, 0.4) is 0 Å². The first-order valence-electron chi connectivity index (χ1n) is 5.84. The summed E-state index contributed by atoms with van der Waals surface area (Å²) in [7, 11) is 3.23. The second-order valence-corrected chi connectivity index (χ2v) is 4.90. The number of benzene rings is 1. The standard InChI is InChI=1S/C13H19N3O2/c1-13(2,7-14)12-15-8-5-10(17-3)11(18-4)6-9(8)16-12/h5-6H,7,14H2,1-4H3,(H,15,16). The lowest BCUT2D eigenvalue weighted by molar-refractivity contribution is 0.356. The van der Waals surface area contributed by atoms with Crippen LogP contribution in [-0.4, -0.2) is 30.7 Å². The fourth-order valence-corrected chi connectivity index (χ4v) is 1.75. The molecular formula is C13H19N3O2. The number of hydrogen-bond donors (Lipinski definition) is 2. The van der Waals surface area contributed by atoms with Crippen LogP contribution in [0.4, 0.5) is 0 Å². The zero-order chi connectivity index (χ0) is 13.3. The molecule has 5 heteroatoms. The van der Waals surface area contributed by atoms with Crippen molar-refractivity contribution in [3.8, 4) is 11.5 Å². The lowest BCUT2D eigenvalue weighted by Gasteiger charge is -2.18. The summed E-state index contributed by atoms with van der Waals surface area (Å²) in [4.78, 5) is 7.85. The fourth-order valence-electron chi connectivity index (χ4n) is 1.75. The molecule has 0 unspecified atom stereocenters. The summed E-state index contributed by atoms with van der Waals surface area (Å²) in [6, 6.07) is 3.75. The van der Waals surface area contributed by atoms with Gasteiger partial charge in [0.05, 0.1) is 25.3 Å². The smallest absolute Gasteiger partial charge is 0.163 e. The Bertz CT molecular complexity index is 520. The van der Waals surface area contributed by atoms with Crippen molar-refractivity contribution in [1.29, 1.82) is 0 Å². The van der Waals surface area contributed by atoms with Gasteiger partial charge in [-0.05, 0) is 0 Å². The summed E-state index contributed by atoms with van der Waals surface area (Å²) in [5.41, 5.74) is 7.35. The van der Waals surface area contributed by atoms with Crippen LogP contribution in [0.25, 0.3) is 11.0 Å². The number of fused-ring (bicyclic) bond motifs is 1. The molecule has 98 valence electrons. The first-order valence-corrected chi connectivity index (χ1v) is 5.84. The zero-order valence-corrected chi connectivity index (χ0v) is 11.2. The maximum atomic E-state index is 5.76. The second kappa shape index (κ2) is 4.49. The number of aromatic nitrogens is 2. The van der Waals surface area contributed by atoms with Crippen molar-refractivity contribution >= 4 is 11.0 Å². The molecular weight excluding hydrogens is 230 g/mol. The van der Waals surface area contributed by atoms with Crippen molar-refractivity contribution in [3.63, 3.8) is 0 Å². The Morgan fingerprint density at radius 3 is 2.39 bits per heavy atom.